The first kappa shape index (κ1) is 17.0. The molecule has 0 radical (unpaired) electrons. The van der Waals surface area contributed by atoms with Crippen molar-refractivity contribution in [2.45, 2.75) is 20.3 Å². The molecule has 140 valence electrons. The highest BCUT2D eigenvalue weighted by Crippen LogP contribution is 2.65. The molecule has 6 rings (SSSR count). The van der Waals surface area contributed by atoms with Crippen molar-refractivity contribution in [3.8, 4) is 5.75 Å². The summed E-state index contributed by atoms with van der Waals surface area (Å²) in [5.41, 5.74) is 1.61. The van der Waals surface area contributed by atoms with Gasteiger partial charge in [0.1, 0.15) is 12.3 Å². The van der Waals surface area contributed by atoms with Crippen LogP contribution in [0.5, 0.6) is 5.75 Å². The van der Waals surface area contributed by atoms with Gasteiger partial charge in [0, 0.05) is 5.02 Å². The summed E-state index contributed by atoms with van der Waals surface area (Å²) in [7, 11) is 0. The van der Waals surface area contributed by atoms with Gasteiger partial charge in [-0.3, -0.25) is 14.5 Å². The van der Waals surface area contributed by atoms with Gasteiger partial charge in [0.2, 0.25) is 11.8 Å². The van der Waals surface area contributed by atoms with E-state index in [2.05, 4.69) is 12.2 Å². The molecule has 2 saturated carbocycles. The van der Waals surface area contributed by atoms with Crippen molar-refractivity contribution >= 4 is 29.4 Å². The Kier molecular flexibility index (Phi) is 3.57. The highest BCUT2D eigenvalue weighted by atomic mass is 35.5. The standard InChI is InChI=1S/C21H20ClNO4/c1-9-5-11(6-10(2)19(9)22)27-16(24)8-23-20(25)17-12-3-4-13(15-7-14(12)15)18(17)21(23)26/h3-6,12-15,17-18H,7-8H2,1-2H3. The summed E-state index contributed by atoms with van der Waals surface area (Å²) in [4.78, 5) is 39.3. The number of likely N-dealkylation sites (tertiary alicyclic amines) is 1. The second-order valence-corrected chi connectivity index (χ2v) is 8.64. The van der Waals surface area contributed by atoms with Gasteiger partial charge in [0.05, 0.1) is 11.8 Å². The maximum absolute atomic E-state index is 12.9. The van der Waals surface area contributed by atoms with E-state index in [1.807, 2.05) is 13.8 Å². The highest BCUT2D eigenvalue weighted by Gasteiger charge is 2.67. The fraction of sp³-hybridized carbons (Fsp3) is 0.476. The molecule has 0 spiro atoms. The van der Waals surface area contributed by atoms with Crippen LogP contribution in [0.15, 0.2) is 24.3 Å². The smallest absolute Gasteiger partial charge is 0.331 e. The Balaban J connectivity index is 1.32. The molecule has 1 aliphatic heterocycles. The van der Waals surface area contributed by atoms with Crippen LogP contribution in [0.1, 0.15) is 17.5 Å². The van der Waals surface area contributed by atoms with E-state index in [0.29, 0.717) is 22.6 Å². The first-order chi connectivity index (χ1) is 12.9. The summed E-state index contributed by atoms with van der Waals surface area (Å²) in [6.45, 7) is 3.33. The molecule has 0 N–H and O–H groups in total. The number of nitrogens with zero attached hydrogens (tertiary/aromatic N) is 1. The molecule has 2 amide bonds. The quantitative estimate of drug-likeness (QED) is 0.347. The molecule has 5 aliphatic rings. The molecule has 6 unspecified atom stereocenters. The number of benzene rings is 1. The van der Waals surface area contributed by atoms with E-state index in [-0.39, 0.29) is 42.0 Å². The molecule has 3 fully saturated rings. The third-order valence-corrected chi connectivity index (χ3v) is 7.28. The summed E-state index contributed by atoms with van der Waals surface area (Å²) in [5, 5.41) is 0.630. The van der Waals surface area contributed by atoms with Gasteiger partial charge in [-0.1, -0.05) is 23.8 Å². The molecule has 1 saturated heterocycles. The number of rotatable bonds is 3. The molecular formula is C21H20ClNO4. The fourth-order valence-electron chi connectivity index (χ4n) is 5.43. The predicted octanol–water partition coefficient (Wildman–Crippen LogP) is 2.92. The number of halogens is 1. The number of amides is 2. The van der Waals surface area contributed by atoms with Crippen LogP contribution in [-0.2, 0) is 14.4 Å². The van der Waals surface area contributed by atoms with E-state index in [9.17, 15) is 14.4 Å². The first-order valence-corrected chi connectivity index (χ1v) is 9.75. The average Bonchev–Trinajstić information content (AvgIpc) is 3.41. The maximum Gasteiger partial charge on any atom is 0.331 e. The van der Waals surface area contributed by atoms with E-state index in [0.717, 1.165) is 22.4 Å². The minimum absolute atomic E-state index is 0.157. The van der Waals surface area contributed by atoms with Crippen molar-refractivity contribution in [1.82, 2.24) is 4.90 Å². The van der Waals surface area contributed by atoms with E-state index in [1.54, 1.807) is 12.1 Å². The zero-order valence-corrected chi connectivity index (χ0v) is 15.9. The number of hydrogen-bond donors (Lipinski definition) is 0. The van der Waals surface area contributed by atoms with E-state index < -0.39 is 5.97 Å². The molecule has 6 heteroatoms. The van der Waals surface area contributed by atoms with Gasteiger partial charge >= 0.3 is 5.97 Å². The van der Waals surface area contributed by atoms with Gasteiger partial charge in [0.25, 0.3) is 0 Å². The van der Waals surface area contributed by atoms with Crippen LogP contribution in [-0.4, -0.2) is 29.2 Å². The molecule has 1 heterocycles. The summed E-state index contributed by atoms with van der Waals surface area (Å²) in [6.07, 6.45) is 5.35. The van der Waals surface area contributed by atoms with Gasteiger partial charge in [0.15, 0.2) is 0 Å². The zero-order valence-electron chi connectivity index (χ0n) is 15.1. The zero-order chi connectivity index (χ0) is 19.0. The minimum Gasteiger partial charge on any atom is -0.425 e. The van der Waals surface area contributed by atoms with Crippen molar-refractivity contribution in [3.63, 3.8) is 0 Å². The van der Waals surface area contributed by atoms with Crippen LogP contribution in [0.2, 0.25) is 5.02 Å². The Hall–Kier alpha value is -2.14. The van der Waals surface area contributed by atoms with Gasteiger partial charge in [-0.15, -0.1) is 0 Å². The Morgan fingerprint density at radius 2 is 1.59 bits per heavy atom. The lowest BCUT2D eigenvalue weighted by atomic mass is 9.63. The summed E-state index contributed by atoms with van der Waals surface area (Å²) in [6, 6.07) is 3.36. The Morgan fingerprint density at radius 1 is 1.07 bits per heavy atom. The first-order valence-electron chi connectivity index (χ1n) is 9.38. The second-order valence-electron chi connectivity index (χ2n) is 8.26. The van der Waals surface area contributed by atoms with Gasteiger partial charge in [-0.2, -0.15) is 0 Å². The third kappa shape index (κ3) is 2.40. The van der Waals surface area contributed by atoms with Crippen molar-refractivity contribution in [2.75, 3.05) is 6.54 Å². The fourth-order valence-corrected chi connectivity index (χ4v) is 5.54. The normalized spacial score (nSPS) is 35.3. The number of aryl methyl sites for hydroxylation is 2. The minimum atomic E-state index is -0.609. The van der Waals surface area contributed by atoms with Crippen LogP contribution < -0.4 is 4.74 Å². The third-order valence-electron chi connectivity index (χ3n) is 6.68. The number of esters is 1. The number of ether oxygens (including phenoxy) is 1. The number of allylic oxidation sites excluding steroid dienone is 2. The topological polar surface area (TPSA) is 63.7 Å². The second kappa shape index (κ2) is 5.68. The SMILES string of the molecule is Cc1cc(OC(=O)CN2C(=O)C3C4C=CC(C5CC45)C3C2=O)cc(C)c1Cl. The number of hydrogen-bond acceptors (Lipinski definition) is 4. The molecular weight excluding hydrogens is 366 g/mol. The monoisotopic (exact) mass is 385 g/mol. The van der Waals surface area contributed by atoms with E-state index in [1.165, 1.54) is 0 Å². The number of imide groups is 1. The molecule has 1 aromatic rings. The van der Waals surface area contributed by atoms with Crippen LogP contribution in [0.25, 0.3) is 0 Å². The van der Waals surface area contributed by atoms with Gasteiger partial charge in [-0.25, -0.2) is 4.79 Å². The van der Waals surface area contributed by atoms with E-state index in [4.69, 9.17) is 16.3 Å². The molecule has 2 bridgehead atoms. The number of carbonyl (C=O) groups excluding carboxylic acids is 3. The van der Waals surface area contributed by atoms with Crippen molar-refractivity contribution in [2.24, 2.45) is 35.5 Å². The van der Waals surface area contributed by atoms with Gasteiger partial charge < -0.3 is 4.74 Å². The average molecular weight is 386 g/mol. The lowest BCUT2D eigenvalue weighted by Gasteiger charge is -2.37. The largest absolute Gasteiger partial charge is 0.425 e. The Morgan fingerprint density at radius 3 is 2.11 bits per heavy atom. The maximum atomic E-state index is 12.9. The molecule has 0 aromatic heterocycles. The Labute approximate surface area is 162 Å². The number of carbonyl (C=O) groups is 3. The molecule has 27 heavy (non-hydrogen) atoms. The van der Waals surface area contributed by atoms with Crippen LogP contribution in [0.4, 0.5) is 0 Å². The molecule has 5 nitrogen and oxygen atoms in total. The summed E-state index contributed by atoms with van der Waals surface area (Å²) in [5.74, 6) is 0.169. The summed E-state index contributed by atoms with van der Waals surface area (Å²) >= 11 is 6.14. The lowest BCUT2D eigenvalue weighted by Crippen LogP contribution is -2.40. The van der Waals surface area contributed by atoms with Crippen LogP contribution in [0.3, 0.4) is 0 Å². The predicted molar refractivity (Wildman–Crippen MR) is 98.0 cm³/mol. The van der Waals surface area contributed by atoms with Gasteiger partial charge in [-0.05, 0) is 67.2 Å². The van der Waals surface area contributed by atoms with Crippen molar-refractivity contribution < 1.29 is 19.1 Å². The molecule has 6 atom stereocenters. The molecule has 1 aromatic carbocycles. The lowest BCUT2D eigenvalue weighted by molar-refractivity contribution is -0.148. The summed E-state index contributed by atoms with van der Waals surface area (Å²) < 4.78 is 5.38. The van der Waals surface area contributed by atoms with Crippen LogP contribution >= 0.6 is 11.6 Å². The van der Waals surface area contributed by atoms with E-state index >= 15 is 0 Å². The molecule has 4 aliphatic carbocycles. The van der Waals surface area contributed by atoms with Crippen molar-refractivity contribution in [1.29, 1.82) is 0 Å². The van der Waals surface area contributed by atoms with Crippen molar-refractivity contribution in [3.05, 3.63) is 40.4 Å². The highest BCUT2D eigenvalue weighted by molar-refractivity contribution is 6.32. The Bertz CT molecular complexity index is 864. The van der Waals surface area contributed by atoms with Crippen LogP contribution in [0, 0.1) is 49.4 Å².